The molecule has 0 amide bonds. The van der Waals surface area contributed by atoms with Crippen molar-refractivity contribution in [3.8, 4) is 0 Å². The van der Waals surface area contributed by atoms with Crippen molar-refractivity contribution in [2.24, 2.45) is 11.1 Å². The van der Waals surface area contributed by atoms with Crippen LogP contribution in [0.5, 0.6) is 0 Å². The van der Waals surface area contributed by atoms with Crippen LogP contribution in [-0.4, -0.2) is 54.8 Å². The van der Waals surface area contributed by atoms with Crippen molar-refractivity contribution in [2.75, 3.05) is 44.7 Å². The zero-order chi connectivity index (χ0) is 13.3. The van der Waals surface area contributed by atoms with Crippen LogP contribution in [0.15, 0.2) is 4.52 Å². The van der Waals surface area contributed by atoms with E-state index in [4.69, 9.17) is 10.3 Å². The highest BCUT2D eigenvalue weighted by molar-refractivity contribution is 5.28. The lowest BCUT2D eigenvalue weighted by Crippen LogP contribution is -2.45. The van der Waals surface area contributed by atoms with Crippen LogP contribution < -0.4 is 10.6 Å². The predicted octanol–water partition coefficient (Wildman–Crippen LogP) is 0.493. The molecule has 3 rings (SSSR count). The van der Waals surface area contributed by atoms with E-state index in [1.54, 1.807) is 0 Å². The SMILES string of the molecule is CN1CCN(c2noc(CC3(CN)CCC3)n2)CC1. The maximum atomic E-state index is 5.88. The molecule has 0 atom stereocenters. The maximum Gasteiger partial charge on any atom is 0.266 e. The van der Waals surface area contributed by atoms with E-state index in [2.05, 4.69) is 27.0 Å². The van der Waals surface area contributed by atoms with E-state index in [1.807, 2.05) is 0 Å². The van der Waals surface area contributed by atoms with E-state index >= 15 is 0 Å². The molecule has 1 aliphatic heterocycles. The van der Waals surface area contributed by atoms with Crippen molar-refractivity contribution >= 4 is 5.95 Å². The van der Waals surface area contributed by atoms with Crippen molar-refractivity contribution in [3.63, 3.8) is 0 Å². The zero-order valence-electron chi connectivity index (χ0n) is 11.6. The van der Waals surface area contributed by atoms with Crippen molar-refractivity contribution in [3.05, 3.63) is 5.89 Å². The summed E-state index contributed by atoms with van der Waals surface area (Å²) in [5.74, 6) is 1.49. The summed E-state index contributed by atoms with van der Waals surface area (Å²) in [7, 11) is 2.14. The number of anilines is 1. The number of nitrogens with two attached hydrogens (primary N) is 1. The molecule has 2 fully saturated rings. The van der Waals surface area contributed by atoms with Crippen LogP contribution in [0.2, 0.25) is 0 Å². The van der Waals surface area contributed by atoms with Gasteiger partial charge in [-0.15, -0.1) is 0 Å². The van der Waals surface area contributed by atoms with Gasteiger partial charge in [0.25, 0.3) is 5.95 Å². The van der Waals surface area contributed by atoms with Crippen LogP contribution in [0.4, 0.5) is 5.95 Å². The van der Waals surface area contributed by atoms with Gasteiger partial charge in [-0.1, -0.05) is 6.42 Å². The lowest BCUT2D eigenvalue weighted by atomic mass is 9.67. The van der Waals surface area contributed by atoms with Crippen molar-refractivity contribution in [1.82, 2.24) is 15.0 Å². The van der Waals surface area contributed by atoms with Gasteiger partial charge in [0.15, 0.2) is 0 Å². The van der Waals surface area contributed by atoms with Crippen molar-refractivity contribution < 1.29 is 4.52 Å². The Balaban J connectivity index is 1.63. The van der Waals surface area contributed by atoms with Gasteiger partial charge in [0.2, 0.25) is 5.89 Å². The molecule has 19 heavy (non-hydrogen) atoms. The van der Waals surface area contributed by atoms with Crippen molar-refractivity contribution in [1.29, 1.82) is 0 Å². The summed E-state index contributed by atoms with van der Waals surface area (Å²) in [5.41, 5.74) is 6.10. The molecule has 1 saturated heterocycles. The summed E-state index contributed by atoms with van der Waals surface area (Å²) in [6.45, 7) is 4.77. The normalized spacial score (nSPS) is 23.4. The summed E-state index contributed by atoms with van der Waals surface area (Å²) in [6.07, 6.45) is 4.49. The first-order chi connectivity index (χ1) is 9.21. The molecule has 106 valence electrons. The third kappa shape index (κ3) is 2.60. The Bertz CT molecular complexity index is 415. The Morgan fingerprint density at radius 1 is 1.26 bits per heavy atom. The van der Waals surface area contributed by atoms with Crippen molar-refractivity contribution in [2.45, 2.75) is 25.7 Å². The van der Waals surface area contributed by atoms with Crippen LogP contribution in [0, 0.1) is 5.41 Å². The molecule has 2 aliphatic rings. The van der Waals surface area contributed by atoms with Gasteiger partial charge >= 0.3 is 0 Å². The third-order valence-corrected chi connectivity index (χ3v) is 4.62. The van der Waals surface area contributed by atoms with Gasteiger partial charge in [-0.2, -0.15) is 4.98 Å². The second kappa shape index (κ2) is 5.09. The molecular weight excluding hydrogens is 242 g/mol. The number of nitrogens with zero attached hydrogens (tertiary/aromatic N) is 4. The molecule has 6 heteroatoms. The number of aromatic nitrogens is 2. The molecule has 6 nitrogen and oxygen atoms in total. The molecule has 0 aromatic carbocycles. The average molecular weight is 265 g/mol. The molecule has 2 heterocycles. The molecule has 0 spiro atoms. The summed E-state index contributed by atoms with van der Waals surface area (Å²) < 4.78 is 5.41. The molecule has 1 aromatic rings. The maximum absolute atomic E-state index is 5.88. The minimum absolute atomic E-state index is 0.228. The van der Waals surface area contributed by atoms with E-state index in [0.717, 1.165) is 51.0 Å². The van der Waals surface area contributed by atoms with Gasteiger partial charge in [0, 0.05) is 32.6 Å². The van der Waals surface area contributed by atoms with Crippen LogP contribution in [0.25, 0.3) is 0 Å². The molecule has 0 bridgehead atoms. The summed E-state index contributed by atoms with van der Waals surface area (Å²) >= 11 is 0. The minimum Gasteiger partial charge on any atom is -0.337 e. The molecule has 1 aliphatic carbocycles. The van der Waals surface area contributed by atoms with E-state index in [9.17, 15) is 0 Å². The highest BCUT2D eigenvalue weighted by Crippen LogP contribution is 2.42. The number of likely N-dealkylation sites (N-methyl/N-ethyl adjacent to an activating group) is 1. The van der Waals surface area contributed by atoms with Crippen LogP contribution in [-0.2, 0) is 6.42 Å². The number of hydrogen-bond donors (Lipinski definition) is 1. The quantitative estimate of drug-likeness (QED) is 0.854. The van der Waals surface area contributed by atoms with Gasteiger partial charge < -0.3 is 20.1 Å². The van der Waals surface area contributed by atoms with Gasteiger partial charge in [0.1, 0.15) is 0 Å². The lowest BCUT2D eigenvalue weighted by molar-refractivity contribution is 0.129. The molecule has 1 aromatic heterocycles. The minimum atomic E-state index is 0.228. The Labute approximate surface area is 113 Å². The first kappa shape index (κ1) is 12.9. The lowest BCUT2D eigenvalue weighted by Gasteiger charge is -2.39. The van der Waals surface area contributed by atoms with Gasteiger partial charge in [-0.3, -0.25) is 0 Å². The number of rotatable bonds is 4. The largest absolute Gasteiger partial charge is 0.337 e. The monoisotopic (exact) mass is 265 g/mol. The van der Waals surface area contributed by atoms with Crippen LogP contribution in [0.1, 0.15) is 25.2 Å². The van der Waals surface area contributed by atoms with Gasteiger partial charge in [-0.25, -0.2) is 0 Å². The van der Waals surface area contributed by atoms with E-state index < -0.39 is 0 Å². The topological polar surface area (TPSA) is 71.4 Å². The van der Waals surface area contributed by atoms with Crippen LogP contribution in [0.3, 0.4) is 0 Å². The highest BCUT2D eigenvalue weighted by atomic mass is 16.5. The molecule has 1 saturated carbocycles. The molecule has 2 N–H and O–H groups in total. The summed E-state index contributed by atoms with van der Waals surface area (Å²) in [5, 5.41) is 4.12. The Morgan fingerprint density at radius 2 is 2.00 bits per heavy atom. The zero-order valence-corrected chi connectivity index (χ0v) is 11.6. The summed E-state index contributed by atoms with van der Waals surface area (Å²) in [6, 6.07) is 0. The smallest absolute Gasteiger partial charge is 0.266 e. The van der Waals surface area contributed by atoms with E-state index in [-0.39, 0.29) is 5.41 Å². The first-order valence-electron chi connectivity index (χ1n) is 7.17. The first-order valence-corrected chi connectivity index (χ1v) is 7.17. The standard InChI is InChI=1S/C13H23N5O/c1-17-5-7-18(8-6-17)12-15-11(19-16-12)9-13(10-14)3-2-4-13/h2-10,14H2,1H3. The average Bonchev–Trinajstić information content (AvgIpc) is 2.83. The number of hydrogen-bond acceptors (Lipinski definition) is 6. The molecule has 0 radical (unpaired) electrons. The third-order valence-electron chi connectivity index (χ3n) is 4.62. The van der Waals surface area contributed by atoms with E-state index in [0.29, 0.717) is 0 Å². The van der Waals surface area contributed by atoms with Gasteiger partial charge in [-0.05, 0) is 37.0 Å². The second-order valence-electron chi connectivity index (χ2n) is 6.01. The predicted molar refractivity (Wildman–Crippen MR) is 73.1 cm³/mol. The molecular formula is C13H23N5O. The van der Waals surface area contributed by atoms with Crippen LogP contribution >= 0.6 is 0 Å². The van der Waals surface area contributed by atoms with E-state index in [1.165, 1.54) is 19.3 Å². The Hall–Kier alpha value is -1.14. The number of piperazine rings is 1. The Morgan fingerprint density at radius 3 is 2.58 bits per heavy atom. The molecule has 0 unspecified atom stereocenters. The highest BCUT2D eigenvalue weighted by Gasteiger charge is 2.37. The summed E-state index contributed by atoms with van der Waals surface area (Å²) in [4.78, 5) is 9.06. The fraction of sp³-hybridized carbons (Fsp3) is 0.846. The Kier molecular flexibility index (Phi) is 3.45. The second-order valence-corrected chi connectivity index (χ2v) is 6.01. The fourth-order valence-corrected chi connectivity index (χ4v) is 2.90. The fourth-order valence-electron chi connectivity index (χ4n) is 2.90. The van der Waals surface area contributed by atoms with Gasteiger partial charge in [0.05, 0.1) is 0 Å².